The maximum absolute atomic E-state index is 12.7. The van der Waals surface area contributed by atoms with Gasteiger partial charge in [0.05, 0.1) is 4.90 Å². The molecule has 116 valence electrons. The molecule has 0 aromatic heterocycles. The summed E-state index contributed by atoms with van der Waals surface area (Å²) in [7, 11) is -3.62. The maximum atomic E-state index is 12.7. The molecule has 1 fully saturated rings. The molecule has 1 aliphatic heterocycles. The van der Waals surface area contributed by atoms with Gasteiger partial charge in [0.1, 0.15) is 6.04 Å². The molecule has 0 bridgehead atoms. The lowest BCUT2D eigenvalue weighted by molar-refractivity contribution is -0.126. The SMILES string of the molecule is CCCc1ccc(S(=O)(=O)N2CCNC(=O)C2CC)cc1. The van der Waals surface area contributed by atoms with Crippen molar-refractivity contribution in [3.05, 3.63) is 29.8 Å². The van der Waals surface area contributed by atoms with Gasteiger partial charge in [-0.05, 0) is 30.5 Å². The first-order valence-corrected chi connectivity index (χ1v) is 8.83. The number of nitrogens with one attached hydrogen (secondary N) is 1. The van der Waals surface area contributed by atoms with Gasteiger partial charge < -0.3 is 5.32 Å². The normalized spacial score (nSPS) is 20.3. The molecule has 1 aromatic carbocycles. The van der Waals surface area contributed by atoms with Crippen LogP contribution in [0.25, 0.3) is 0 Å². The molecule has 1 saturated heterocycles. The van der Waals surface area contributed by atoms with Crippen LogP contribution in [0.1, 0.15) is 32.3 Å². The summed E-state index contributed by atoms with van der Waals surface area (Å²) in [6, 6.07) is 6.36. The fraction of sp³-hybridized carbons (Fsp3) is 0.533. The quantitative estimate of drug-likeness (QED) is 0.897. The minimum absolute atomic E-state index is 0.213. The first-order valence-electron chi connectivity index (χ1n) is 7.39. The Labute approximate surface area is 126 Å². The van der Waals surface area contributed by atoms with Crippen molar-refractivity contribution in [2.75, 3.05) is 13.1 Å². The number of nitrogens with zero attached hydrogens (tertiary/aromatic N) is 1. The third-order valence-electron chi connectivity index (χ3n) is 3.74. The van der Waals surface area contributed by atoms with Crippen LogP contribution in [0.4, 0.5) is 0 Å². The molecule has 0 aliphatic carbocycles. The lowest BCUT2D eigenvalue weighted by atomic mass is 10.1. The highest BCUT2D eigenvalue weighted by Crippen LogP contribution is 2.22. The van der Waals surface area contributed by atoms with Crippen molar-refractivity contribution < 1.29 is 13.2 Å². The molecule has 1 amide bonds. The third kappa shape index (κ3) is 3.27. The van der Waals surface area contributed by atoms with Gasteiger partial charge in [0, 0.05) is 13.1 Å². The van der Waals surface area contributed by atoms with E-state index in [1.54, 1.807) is 12.1 Å². The second kappa shape index (κ2) is 6.58. The summed E-state index contributed by atoms with van der Waals surface area (Å²) in [5.41, 5.74) is 1.12. The Kier molecular flexibility index (Phi) is 5.00. The molecule has 1 heterocycles. The van der Waals surface area contributed by atoms with E-state index in [1.807, 2.05) is 19.1 Å². The number of amides is 1. The van der Waals surface area contributed by atoms with Crippen molar-refractivity contribution in [2.45, 2.75) is 44.0 Å². The van der Waals surface area contributed by atoms with Gasteiger partial charge in [-0.3, -0.25) is 4.79 Å². The molecular formula is C15H22N2O3S. The average molecular weight is 310 g/mol. The van der Waals surface area contributed by atoms with Crippen LogP contribution in [-0.2, 0) is 21.2 Å². The first-order chi connectivity index (χ1) is 10.0. The molecule has 21 heavy (non-hydrogen) atoms. The molecule has 1 unspecified atom stereocenters. The van der Waals surface area contributed by atoms with E-state index in [0.717, 1.165) is 18.4 Å². The molecule has 0 saturated carbocycles. The monoisotopic (exact) mass is 310 g/mol. The van der Waals surface area contributed by atoms with Gasteiger partial charge in [0.15, 0.2) is 0 Å². The Hall–Kier alpha value is -1.40. The van der Waals surface area contributed by atoms with E-state index in [0.29, 0.717) is 19.5 Å². The highest BCUT2D eigenvalue weighted by Gasteiger charge is 2.37. The third-order valence-corrected chi connectivity index (χ3v) is 5.66. The predicted octanol–water partition coefficient (Wildman–Crippen LogP) is 1.54. The van der Waals surface area contributed by atoms with E-state index in [-0.39, 0.29) is 10.8 Å². The number of sulfonamides is 1. The highest BCUT2D eigenvalue weighted by atomic mass is 32.2. The molecule has 0 radical (unpaired) electrons. The zero-order valence-corrected chi connectivity index (χ0v) is 13.3. The topological polar surface area (TPSA) is 66.5 Å². The van der Waals surface area contributed by atoms with Crippen LogP contribution >= 0.6 is 0 Å². The van der Waals surface area contributed by atoms with E-state index in [2.05, 4.69) is 12.2 Å². The second-order valence-corrected chi connectivity index (χ2v) is 7.12. The molecule has 2 rings (SSSR count). The molecule has 0 spiro atoms. The fourth-order valence-corrected chi connectivity index (χ4v) is 4.28. The number of carbonyl (C=O) groups is 1. The van der Waals surface area contributed by atoms with Crippen LogP contribution in [0, 0.1) is 0 Å². The summed E-state index contributed by atoms with van der Waals surface area (Å²) in [6.07, 6.45) is 2.43. The number of rotatable bonds is 5. The van der Waals surface area contributed by atoms with E-state index in [9.17, 15) is 13.2 Å². The van der Waals surface area contributed by atoms with Crippen LogP contribution in [0.3, 0.4) is 0 Å². The smallest absolute Gasteiger partial charge is 0.243 e. The minimum atomic E-state index is -3.62. The predicted molar refractivity (Wildman–Crippen MR) is 81.4 cm³/mol. The number of aryl methyl sites for hydroxylation is 1. The summed E-state index contributed by atoms with van der Waals surface area (Å²) in [5, 5.41) is 2.72. The largest absolute Gasteiger partial charge is 0.353 e. The van der Waals surface area contributed by atoms with E-state index in [1.165, 1.54) is 4.31 Å². The number of hydrogen-bond donors (Lipinski definition) is 1. The Morgan fingerprint density at radius 1 is 1.24 bits per heavy atom. The Morgan fingerprint density at radius 3 is 2.48 bits per heavy atom. The van der Waals surface area contributed by atoms with E-state index < -0.39 is 16.1 Å². The van der Waals surface area contributed by atoms with Crippen molar-refractivity contribution in [1.82, 2.24) is 9.62 Å². The van der Waals surface area contributed by atoms with Crippen molar-refractivity contribution >= 4 is 15.9 Å². The van der Waals surface area contributed by atoms with Gasteiger partial charge in [0.25, 0.3) is 0 Å². The van der Waals surface area contributed by atoms with Crippen molar-refractivity contribution in [1.29, 1.82) is 0 Å². The minimum Gasteiger partial charge on any atom is -0.353 e. The van der Waals surface area contributed by atoms with E-state index in [4.69, 9.17) is 0 Å². The van der Waals surface area contributed by atoms with Gasteiger partial charge in [-0.2, -0.15) is 4.31 Å². The number of benzene rings is 1. The van der Waals surface area contributed by atoms with Crippen LogP contribution in [-0.4, -0.2) is 37.8 Å². The van der Waals surface area contributed by atoms with Crippen LogP contribution in [0.15, 0.2) is 29.2 Å². The molecule has 1 aromatic rings. The summed E-state index contributed by atoms with van der Waals surface area (Å²) in [4.78, 5) is 12.1. The fourth-order valence-electron chi connectivity index (χ4n) is 2.62. The highest BCUT2D eigenvalue weighted by molar-refractivity contribution is 7.89. The lowest BCUT2D eigenvalue weighted by Crippen LogP contribution is -2.56. The Balaban J connectivity index is 2.29. The number of hydrogen-bond acceptors (Lipinski definition) is 3. The molecule has 1 aliphatic rings. The van der Waals surface area contributed by atoms with Gasteiger partial charge in [-0.15, -0.1) is 0 Å². The van der Waals surface area contributed by atoms with Crippen molar-refractivity contribution in [2.24, 2.45) is 0 Å². The van der Waals surface area contributed by atoms with Gasteiger partial charge in [-0.25, -0.2) is 8.42 Å². The summed E-state index contributed by atoms with van der Waals surface area (Å²) in [6.45, 7) is 4.59. The standard InChI is InChI=1S/C15H22N2O3S/c1-3-5-12-6-8-13(9-7-12)21(19,20)17-11-10-16-15(18)14(17)4-2/h6-9,14H,3-5,10-11H2,1-2H3,(H,16,18). The lowest BCUT2D eigenvalue weighted by Gasteiger charge is -2.33. The maximum Gasteiger partial charge on any atom is 0.243 e. The molecule has 1 atom stereocenters. The van der Waals surface area contributed by atoms with Gasteiger partial charge in [0.2, 0.25) is 15.9 Å². The number of piperazine rings is 1. The summed E-state index contributed by atoms with van der Waals surface area (Å²) >= 11 is 0. The average Bonchev–Trinajstić information content (AvgIpc) is 2.48. The van der Waals surface area contributed by atoms with Crippen molar-refractivity contribution in [3.8, 4) is 0 Å². The Bertz CT molecular complexity index is 596. The zero-order valence-electron chi connectivity index (χ0n) is 12.5. The molecule has 6 heteroatoms. The number of carbonyl (C=O) groups excluding carboxylic acids is 1. The van der Waals surface area contributed by atoms with Gasteiger partial charge in [-0.1, -0.05) is 32.4 Å². The molecule has 5 nitrogen and oxygen atoms in total. The van der Waals surface area contributed by atoms with Crippen LogP contribution < -0.4 is 5.32 Å². The van der Waals surface area contributed by atoms with Crippen LogP contribution in [0.5, 0.6) is 0 Å². The van der Waals surface area contributed by atoms with Crippen LogP contribution in [0.2, 0.25) is 0 Å². The van der Waals surface area contributed by atoms with Gasteiger partial charge >= 0.3 is 0 Å². The molecular weight excluding hydrogens is 288 g/mol. The van der Waals surface area contributed by atoms with Crippen molar-refractivity contribution in [3.63, 3.8) is 0 Å². The summed E-state index contributed by atoms with van der Waals surface area (Å²) < 4.78 is 26.8. The Morgan fingerprint density at radius 2 is 1.90 bits per heavy atom. The molecule has 1 N–H and O–H groups in total. The zero-order chi connectivity index (χ0) is 15.5. The second-order valence-electron chi connectivity index (χ2n) is 5.22. The van der Waals surface area contributed by atoms with E-state index >= 15 is 0 Å². The first kappa shape index (κ1) is 16.0. The summed E-state index contributed by atoms with van der Waals surface area (Å²) in [5.74, 6) is -0.213.